The Balaban J connectivity index is 0.000000187. The van der Waals surface area contributed by atoms with E-state index in [4.69, 9.17) is 5.11 Å². The van der Waals surface area contributed by atoms with Gasteiger partial charge in [0.15, 0.2) is 0 Å². The fourth-order valence-corrected chi connectivity index (χ4v) is 0.435. The highest BCUT2D eigenvalue weighted by molar-refractivity contribution is 4.80. The van der Waals surface area contributed by atoms with E-state index in [0.717, 1.165) is 5.82 Å². The average molecular weight is 158 g/mol. The lowest BCUT2D eigenvalue weighted by Crippen LogP contribution is -1.91. The molecule has 64 valence electrons. The van der Waals surface area contributed by atoms with Crippen LogP contribution in [0.15, 0.2) is 12.4 Å². The van der Waals surface area contributed by atoms with E-state index in [2.05, 4.69) is 14.7 Å². The summed E-state index contributed by atoms with van der Waals surface area (Å²) in [6.45, 7) is 2.48. The molecule has 1 heterocycles. The molecule has 1 aromatic rings. The van der Waals surface area contributed by atoms with Crippen LogP contribution < -0.4 is 0 Å². The molecule has 0 saturated heterocycles. The molecule has 11 heavy (non-hydrogen) atoms. The monoisotopic (exact) mass is 158 g/mol. The molecule has 0 aliphatic rings. The Bertz CT molecular complexity index is 149. The number of hydrogen-bond acceptors (Lipinski definition) is 3. The topological polar surface area (TPSA) is 58.1 Å². The van der Waals surface area contributed by atoms with Crippen molar-refractivity contribution >= 4 is 0 Å². The Morgan fingerprint density at radius 2 is 2.45 bits per heavy atom. The van der Waals surface area contributed by atoms with E-state index in [0.29, 0.717) is 6.61 Å². The molecule has 0 unspecified atom stereocenters. The van der Waals surface area contributed by atoms with Crippen molar-refractivity contribution in [3.05, 3.63) is 18.2 Å². The zero-order valence-electron chi connectivity index (χ0n) is 6.87. The van der Waals surface area contributed by atoms with Gasteiger partial charge < -0.3 is 14.8 Å². The SMILES string of the molecule is COCCO.Cc1ncc[nH]1. The molecule has 4 heteroatoms. The molecule has 2 N–H and O–H groups in total. The van der Waals surface area contributed by atoms with Gasteiger partial charge in [0.1, 0.15) is 5.82 Å². The van der Waals surface area contributed by atoms with Crippen LogP contribution in [0.5, 0.6) is 0 Å². The molecule has 0 fully saturated rings. The van der Waals surface area contributed by atoms with Crippen molar-refractivity contribution in [3.63, 3.8) is 0 Å². The lowest BCUT2D eigenvalue weighted by atomic mass is 10.8. The lowest BCUT2D eigenvalue weighted by Gasteiger charge is -1.84. The first-order valence-corrected chi connectivity index (χ1v) is 3.37. The van der Waals surface area contributed by atoms with E-state index in [1.165, 1.54) is 0 Å². The Morgan fingerprint density at radius 3 is 2.55 bits per heavy atom. The van der Waals surface area contributed by atoms with Crippen LogP contribution in [-0.2, 0) is 4.74 Å². The Hall–Kier alpha value is -0.870. The highest BCUT2D eigenvalue weighted by Gasteiger charge is 1.73. The summed E-state index contributed by atoms with van der Waals surface area (Å²) in [6.07, 6.45) is 3.53. The van der Waals surface area contributed by atoms with Crippen molar-refractivity contribution in [1.29, 1.82) is 0 Å². The molecule has 1 rings (SSSR count). The molecule has 0 radical (unpaired) electrons. The smallest absolute Gasteiger partial charge is 0.102 e. The number of aliphatic hydroxyl groups excluding tert-OH is 1. The van der Waals surface area contributed by atoms with Gasteiger partial charge in [-0.25, -0.2) is 4.98 Å². The number of nitrogens with one attached hydrogen (secondary N) is 1. The van der Waals surface area contributed by atoms with Gasteiger partial charge in [-0.2, -0.15) is 0 Å². The summed E-state index contributed by atoms with van der Waals surface area (Å²) in [5.41, 5.74) is 0. The maximum atomic E-state index is 7.94. The van der Waals surface area contributed by atoms with Gasteiger partial charge in [0.2, 0.25) is 0 Å². The number of methoxy groups -OCH3 is 1. The van der Waals surface area contributed by atoms with Gasteiger partial charge in [0.05, 0.1) is 13.2 Å². The minimum Gasteiger partial charge on any atom is -0.394 e. The number of ether oxygens (including phenoxy) is 1. The number of hydrogen-bond donors (Lipinski definition) is 2. The maximum absolute atomic E-state index is 7.94. The van der Waals surface area contributed by atoms with E-state index in [9.17, 15) is 0 Å². The third kappa shape index (κ3) is 7.02. The molecule has 4 nitrogen and oxygen atoms in total. The van der Waals surface area contributed by atoms with Crippen molar-refractivity contribution in [2.45, 2.75) is 6.92 Å². The standard InChI is InChI=1S/C4H6N2.C3H8O2/c1-4-5-2-3-6-4;1-5-3-2-4/h2-3H,1H3,(H,5,6);4H,2-3H2,1H3. The molecular formula is C7H14N2O2. The Morgan fingerprint density at radius 1 is 1.73 bits per heavy atom. The Labute approximate surface area is 66.2 Å². The predicted octanol–water partition coefficient (Wildman–Crippen LogP) is 0.343. The number of aliphatic hydroxyl groups is 1. The largest absolute Gasteiger partial charge is 0.394 e. The first-order valence-electron chi connectivity index (χ1n) is 3.37. The molecule has 1 aromatic heterocycles. The second kappa shape index (κ2) is 7.24. The first-order chi connectivity index (χ1) is 5.31. The molecule has 0 spiro atoms. The fourth-order valence-electron chi connectivity index (χ4n) is 0.435. The minimum atomic E-state index is 0.122. The predicted molar refractivity (Wildman–Crippen MR) is 42.3 cm³/mol. The van der Waals surface area contributed by atoms with Crippen molar-refractivity contribution in [3.8, 4) is 0 Å². The highest BCUT2D eigenvalue weighted by atomic mass is 16.5. The normalized spacial score (nSPS) is 8.64. The average Bonchev–Trinajstić information content (AvgIpc) is 2.43. The van der Waals surface area contributed by atoms with Gasteiger partial charge in [0.25, 0.3) is 0 Å². The fraction of sp³-hybridized carbons (Fsp3) is 0.571. The van der Waals surface area contributed by atoms with Crippen molar-refractivity contribution < 1.29 is 9.84 Å². The molecule has 0 saturated carbocycles. The number of rotatable bonds is 2. The number of aromatic amines is 1. The van der Waals surface area contributed by atoms with Crippen LogP contribution in [0.3, 0.4) is 0 Å². The van der Waals surface area contributed by atoms with Crippen LogP contribution in [-0.4, -0.2) is 35.4 Å². The zero-order valence-corrected chi connectivity index (χ0v) is 6.87. The molecule has 0 atom stereocenters. The van der Waals surface area contributed by atoms with Crippen LogP contribution in [0.2, 0.25) is 0 Å². The van der Waals surface area contributed by atoms with Crippen molar-refractivity contribution in [2.24, 2.45) is 0 Å². The van der Waals surface area contributed by atoms with E-state index >= 15 is 0 Å². The number of aromatic nitrogens is 2. The summed E-state index contributed by atoms with van der Waals surface area (Å²) in [5.74, 6) is 0.968. The van der Waals surface area contributed by atoms with Crippen LogP contribution >= 0.6 is 0 Å². The second-order valence-electron chi connectivity index (χ2n) is 1.89. The zero-order chi connectivity index (χ0) is 8.53. The number of nitrogens with zero attached hydrogens (tertiary/aromatic N) is 1. The summed E-state index contributed by atoms with van der Waals surface area (Å²) in [6, 6.07) is 0. The van der Waals surface area contributed by atoms with Gasteiger partial charge in [-0.1, -0.05) is 0 Å². The number of aryl methyl sites for hydroxylation is 1. The second-order valence-corrected chi connectivity index (χ2v) is 1.89. The molecule has 0 aliphatic heterocycles. The number of imidazole rings is 1. The van der Waals surface area contributed by atoms with Crippen molar-refractivity contribution in [2.75, 3.05) is 20.3 Å². The van der Waals surface area contributed by atoms with Crippen LogP contribution in [0.25, 0.3) is 0 Å². The third-order valence-corrected chi connectivity index (χ3v) is 0.930. The molecule has 0 bridgehead atoms. The van der Waals surface area contributed by atoms with Crippen LogP contribution in [0.4, 0.5) is 0 Å². The third-order valence-electron chi connectivity index (χ3n) is 0.930. The first kappa shape index (κ1) is 10.1. The van der Waals surface area contributed by atoms with Crippen LogP contribution in [0.1, 0.15) is 5.82 Å². The number of H-pyrrole nitrogens is 1. The summed E-state index contributed by atoms with van der Waals surface area (Å²) in [5, 5.41) is 7.94. The molecule has 0 aromatic carbocycles. The van der Waals surface area contributed by atoms with Gasteiger partial charge in [0, 0.05) is 19.5 Å². The quantitative estimate of drug-likeness (QED) is 0.652. The van der Waals surface area contributed by atoms with E-state index in [-0.39, 0.29) is 6.61 Å². The minimum absolute atomic E-state index is 0.122. The van der Waals surface area contributed by atoms with Gasteiger partial charge in [-0.3, -0.25) is 0 Å². The molecule has 0 aliphatic carbocycles. The summed E-state index contributed by atoms with van der Waals surface area (Å²) < 4.78 is 4.44. The molecule has 0 amide bonds. The van der Waals surface area contributed by atoms with Crippen molar-refractivity contribution in [1.82, 2.24) is 9.97 Å². The van der Waals surface area contributed by atoms with Gasteiger partial charge >= 0.3 is 0 Å². The summed E-state index contributed by atoms with van der Waals surface area (Å²) in [4.78, 5) is 6.75. The van der Waals surface area contributed by atoms with Gasteiger partial charge in [-0.15, -0.1) is 0 Å². The molecular weight excluding hydrogens is 144 g/mol. The highest BCUT2D eigenvalue weighted by Crippen LogP contribution is 1.78. The maximum Gasteiger partial charge on any atom is 0.102 e. The van der Waals surface area contributed by atoms with Crippen LogP contribution in [0, 0.1) is 6.92 Å². The van der Waals surface area contributed by atoms with E-state index in [1.54, 1.807) is 19.5 Å². The van der Waals surface area contributed by atoms with E-state index < -0.39 is 0 Å². The Kier molecular flexibility index (Phi) is 6.67. The lowest BCUT2D eigenvalue weighted by molar-refractivity contribution is 0.135. The summed E-state index contributed by atoms with van der Waals surface area (Å²) >= 11 is 0. The summed E-state index contributed by atoms with van der Waals surface area (Å²) in [7, 11) is 1.55. The van der Waals surface area contributed by atoms with E-state index in [1.807, 2.05) is 6.92 Å². The van der Waals surface area contributed by atoms with Gasteiger partial charge in [-0.05, 0) is 6.92 Å².